The van der Waals surface area contributed by atoms with E-state index < -0.39 is 17.8 Å². The molecule has 33 heavy (non-hydrogen) atoms. The van der Waals surface area contributed by atoms with Crippen LogP contribution >= 0.6 is 34.8 Å². The molecule has 1 saturated heterocycles. The summed E-state index contributed by atoms with van der Waals surface area (Å²) >= 11 is 18.1. The molecule has 0 bridgehead atoms. The maximum absolute atomic E-state index is 13.1. The number of imide groups is 2. The highest BCUT2D eigenvalue weighted by Crippen LogP contribution is 2.31. The van der Waals surface area contributed by atoms with Gasteiger partial charge in [0.1, 0.15) is 17.9 Å². The number of halogens is 3. The van der Waals surface area contributed by atoms with Gasteiger partial charge >= 0.3 is 6.03 Å². The number of benzene rings is 3. The lowest BCUT2D eigenvalue weighted by molar-refractivity contribution is -0.122. The maximum atomic E-state index is 13.1. The highest BCUT2D eigenvalue weighted by Gasteiger charge is 2.37. The fourth-order valence-corrected chi connectivity index (χ4v) is 3.64. The molecule has 1 N–H and O–H groups in total. The van der Waals surface area contributed by atoms with Crippen LogP contribution in [0.3, 0.4) is 0 Å². The molecule has 166 valence electrons. The highest BCUT2D eigenvalue weighted by molar-refractivity contribution is 6.43. The molecule has 0 spiro atoms. The van der Waals surface area contributed by atoms with E-state index in [1.54, 1.807) is 18.2 Å². The van der Waals surface area contributed by atoms with Crippen LogP contribution in [-0.2, 0) is 16.2 Å². The fraction of sp³-hybridized carbons (Fsp3) is 0.0417. The largest absolute Gasteiger partial charge is 0.488 e. The first-order valence-electron chi connectivity index (χ1n) is 9.66. The molecule has 0 atom stereocenters. The number of ether oxygens (including phenoxy) is 1. The molecule has 4 amide bonds. The third-order valence-corrected chi connectivity index (χ3v) is 5.75. The van der Waals surface area contributed by atoms with Crippen molar-refractivity contribution in [1.29, 1.82) is 0 Å². The molecule has 0 aromatic heterocycles. The summed E-state index contributed by atoms with van der Waals surface area (Å²) in [5, 5.41) is 2.96. The van der Waals surface area contributed by atoms with Crippen molar-refractivity contribution < 1.29 is 19.1 Å². The van der Waals surface area contributed by atoms with Crippen LogP contribution in [0.4, 0.5) is 10.5 Å². The normalized spacial score (nSPS) is 15.1. The van der Waals surface area contributed by atoms with Gasteiger partial charge in [-0.25, -0.2) is 9.69 Å². The Bertz CT molecular complexity index is 1290. The van der Waals surface area contributed by atoms with Gasteiger partial charge in [-0.15, -0.1) is 0 Å². The van der Waals surface area contributed by atoms with Gasteiger partial charge in [-0.2, -0.15) is 0 Å². The van der Waals surface area contributed by atoms with Gasteiger partial charge < -0.3 is 4.74 Å². The number of carbonyl (C=O) groups excluding carboxylic acids is 3. The zero-order valence-electron chi connectivity index (χ0n) is 16.8. The van der Waals surface area contributed by atoms with Gasteiger partial charge in [0, 0.05) is 10.6 Å². The van der Waals surface area contributed by atoms with Crippen LogP contribution in [0.1, 0.15) is 11.1 Å². The lowest BCUT2D eigenvalue weighted by atomic mass is 10.1. The van der Waals surface area contributed by atoms with Gasteiger partial charge in [0.25, 0.3) is 11.8 Å². The number of hydrogen-bond donors (Lipinski definition) is 1. The number of anilines is 1. The van der Waals surface area contributed by atoms with Crippen LogP contribution in [0.5, 0.6) is 5.75 Å². The van der Waals surface area contributed by atoms with E-state index in [0.29, 0.717) is 16.3 Å². The Hall–Kier alpha value is -3.32. The van der Waals surface area contributed by atoms with E-state index in [-0.39, 0.29) is 27.9 Å². The van der Waals surface area contributed by atoms with E-state index in [1.165, 1.54) is 24.3 Å². The summed E-state index contributed by atoms with van der Waals surface area (Å²) in [5.74, 6) is -1.25. The molecule has 9 heteroatoms. The Labute approximate surface area is 204 Å². The van der Waals surface area contributed by atoms with Crippen LogP contribution in [0, 0.1) is 0 Å². The average molecular weight is 502 g/mol. The third kappa shape index (κ3) is 5.03. The first kappa shape index (κ1) is 22.9. The molecule has 3 aromatic rings. The summed E-state index contributed by atoms with van der Waals surface area (Å²) in [7, 11) is 0. The molecule has 6 nitrogen and oxygen atoms in total. The molecule has 4 rings (SSSR count). The number of hydrogen-bond acceptors (Lipinski definition) is 4. The zero-order chi connectivity index (χ0) is 23.5. The predicted molar refractivity (Wildman–Crippen MR) is 128 cm³/mol. The van der Waals surface area contributed by atoms with Gasteiger partial charge in [0.15, 0.2) is 0 Å². The summed E-state index contributed by atoms with van der Waals surface area (Å²) < 4.78 is 5.89. The smallest absolute Gasteiger partial charge is 0.335 e. The lowest BCUT2D eigenvalue weighted by Gasteiger charge is -2.26. The van der Waals surface area contributed by atoms with Crippen molar-refractivity contribution in [1.82, 2.24) is 5.32 Å². The van der Waals surface area contributed by atoms with Gasteiger partial charge in [0.05, 0.1) is 15.7 Å². The molecule has 1 aliphatic heterocycles. The first-order chi connectivity index (χ1) is 15.8. The van der Waals surface area contributed by atoms with E-state index in [9.17, 15) is 14.4 Å². The van der Waals surface area contributed by atoms with Gasteiger partial charge in [0.2, 0.25) is 0 Å². The van der Waals surface area contributed by atoms with Crippen LogP contribution in [0.2, 0.25) is 15.1 Å². The molecule has 3 aromatic carbocycles. The summed E-state index contributed by atoms with van der Waals surface area (Å²) in [6, 6.07) is 17.7. The van der Waals surface area contributed by atoms with Gasteiger partial charge in [-0.05, 0) is 48.0 Å². The number of rotatable bonds is 5. The molecular formula is C24H15Cl3N2O4. The summed E-state index contributed by atoms with van der Waals surface area (Å²) in [5.41, 5.74) is 1.23. The number of nitrogens with one attached hydrogen (secondary N) is 1. The molecule has 0 radical (unpaired) electrons. The topological polar surface area (TPSA) is 75.7 Å². The minimum atomic E-state index is -0.896. The number of amides is 4. The van der Waals surface area contributed by atoms with Crippen molar-refractivity contribution in [2.45, 2.75) is 6.61 Å². The number of barbiturate groups is 1. The van der Waals surface area contributed by atoms with Crippen molar-refractivity contribution in [3.05, 3.63) is 98.5 Å². The Kier molecular flexibility index (Phi) is 6.70. The lowest BCUT2D eigenvalue weighted by Crippen LogP contribution is -2.54. The first-order valence-corrected chi connectivity index (χ1v) is 10.8. The molecule has 0 unspecified atom stereocenters. The van der Waals surface area contributed by atoms with Crippen molar-refractivity contribution in [3.63, 3.8) is 0 Å². The van der Waals surface area contributed by atoms with E-state index in [2.05, 4.69) is 5.32 Å². The monoisotopic (exact) mass is 500 g/mol. The number of carbonyl (C=O) groups is 3. The minimum absolute atomic E-state index is 0.156. The van der Waals surface area contributed by atoms with E-state index in [0.717, 1.165) is 10.5 Å². The van der Waals surface area contributed by atoms with Crippen LogP contribution in [0.25, 0.3) is 6.08 Å². The maximum Gasteiger partial charge on any atom is 0.335 e. The van der Waals surface area contributed by atoms with Gasteiger partial charge in [-0.1, -0.05) is 65.1 Å². The SMILES string of the molecule is O=C1NC(=O)N(c2ccc(Cl)c(Cl)c2)C(=O)/C1=C/c1cc(Cl)ccc1OCc1ccccc1. The van der Waals surface area contributed by atoms with E-state index in [1.807, 2.05) is 30.3 Å². The van der Waals surface area contributed by atoms with Crippen LogP contribution in [0.15, 0.2) is 72.3 Å². The summed E-state index contributed by atoms with van der Waals surface area (Å²) in [6.07, 6.45) is 1.33. The number of urea groups is 1. The fourth-order valence-electron chi connectivity index (χ4n) is 3.17. The van der Waals surface area contributed by atoms with Crippen molar-refractivity contribution in [2.75, 3.05) is 4.90 Å². The molecule has 1 heterocycles. The average Bonchev–Trinajstić information content (AvgIpc) is 2.79. The van der Waals surface area contributed by atoms with E-state index in [4.69, 9.17) is 39.5 Å². The molecule has 1 fully saturated rings. The molecule has 1 aliphatic rings. The quantitative estimate of drug-likeness (QED) is 0.349. The Morgan fingerprint density at radius 2 is 1.64 bits per heavy atom. The predicted octanol–water partition coefficient (Wildman–Crippen LogP) is 5.89. The highest BCUT2D eigenvalue weighted by atomic mass is 35.5. The summed E-state index contributed by atoms with van der Waals surface area (Å²) in [6.45, 7) is 0.271. The van der Waals surface area contributed by atoms with Crippen molar-refractivity contribution >= 4 is 64.4 Å². The van der Waals surface area contributed by atoms with Crippen LogP contribution < -0.4 is 15.0 Å². The Morgan fingerprint density at radius 3 is 2.36 bits per heavy atom. The molecule has 0 saturated carbocycles. The molecular weight excluding hydrogens is 487 g/mol. The Balaban J connectivity index is 1.69. The van der Waals surface area contributed by atoms with Crippen molar-refractivity contribution in [2.24, 2.45) is 0 Å². The second-order valence-electron chi connectivity index (χ2n) is 7.01. The van der Waals surface area contributed by atoms with E-state index >= 15 is 0 Å². The zero-order valence-corrected chi connectivity index (χ0v) is 19.1. The van der Waals surface area contributed by atoms with Crippen LogP contribution in [-0.4, -0.2) is 17.8 Å². The molecule has 0 aliphatic carbocycles. The second-order valence-corrected chi connectivity index (χ2v) is 8.26. The van der Waals surface area contributed by atoms with Gasteiger partial charge in [-0.3, -0.25) is 14.9 Å². The number of nitrogens with zero attached hydrogens (tertiary/aromatic N) is 1. The minimum Gasteiger partial charge on any atom is -0.488 e. The Morgan fingerprint density at radius 1 is 0.879 bits per heavy atom. The van der Waals surface area contributed by atoms with Crippen molar-refractivity contribution in [3.8, 4) is 5.75 Å². The second kappa shape index (κ2) is 9.67. The third-order valence-electron chi connectivity index (χ3n) is 4.77. The standard InChI is InChI=1S/C24H15Cl3N2O4/c25-16-6-9-21(33-13-14-4-2-1-3-5-14)15(10-16)11-18-22(30)28-24(32)29(23(18)31)17-7-8-19(26)20(27)12-17/h1-12H,13H2,(H,28,30,32)/b18-11+. The summed E-state index contributed by atoms with van der Waals surface area (Å²) in [4.78, 5) is 38.9.